The molecule has 2 bridgehead atoms. The number of rotatable bonds is 9. The maximum Gasteiger partial charge on any atom is 0.248 e. The summed E-state index contributed by atoms with van der Waals surface area (Å²) in [6, 6.07) is 5.62. The molecule has 2 unspecified atom stereocenters. The van der Waals surface area contributed by atoms with E-state index in [0.717, 1.165) is 19.3 Å². The minimum Gasteiger partial charge on any atom is -0.394 e. The van der Waals surface area contributed by atoms with E-state index in [0.29, 0.717) is 23.7 Å². The molecular weight excluding hydrogens is 474 g/mol. The van der Waals surface area contributed by atoms with Crippen LogP contribution in [0.5, 0.6) is 0 Å². The number of hydrogen-bond acceptors (Lipinski definition) is 5. The van der Waals surface area contributed by atoms with Crippen molar-refractivity contribution < 1.29 is 19.5 Å². The molecule has 1 spiro atoms. The Morgan fingerprint density at radius 1 is 1.26 bits per heavy atom. The SMILES string of the molecule is CCCNC(=O)[C@@H]1[C@H]2C(=O)N([C@@H](CO)[C@@H](C)CC)C(C(=O)Nc3ccc(Cl)cc3)C23CC[C@H]1S3. The molecule has 3 aliphatic rings. The van der Waals surface area contributed by atoms with E-state index in [1.165, 1.54) is 0 Å². The van der Waals surface area contributed by atoms with Gasteiger partial charge in [-0.3, -0.25) is 14.4 Å². The number of likely N-dealkylation sites (tertiary alicyclic amines) is 1. The first-order valence-electron chi connectivity index (χ1n) is 12.2. The van der Waals surface area contributed by atoms with Gasteiger partial charge in [-0.05, 0) is 49.4 Å². The number of nitrogens with one attached hydrogen (secondary N) is 2. The third-order valence-electron chi connectivity index (χ3n) is 7.80. The molecule has 0 aliphatic carbocycles. The average molecular weight is 508 g/mol. The number of aliphatic hydroxyl groups excluding tert-OH is 1. The summed E-state index contributed by atoms with van der Waals surface area (Å²) in [6.07, 6.45) is 3.07. The Balaban J connectivity index is 1.73. The fourth-order valence-electron chi connectivity index (χ4n) is 5.97. The van der Waals surface area contributed by atoms with Crippen LogP contribution in [0.4, 0.5) is 5.69 Å². The lowest BCUT2D eigenvalue weighted by Crippen LogP contribution is -2.56. The number of aliphatic hydroxyl groups is 1. The van der Waals surface area contributed by atoms with Crippen LogP contribution in [0, 0.1) is 17.8 Å². The largest absolute Gasteiger partial charge is 0.394 e. The highest BCUT2D eigenvalue weighted by atomic mass is 35.5. The molecule has 186 valence electrons. The average Bonchev–Trinajstić information content (AvgIpc) is 3.47. The molecule has 1 aromatic carbocycles. The number of nitrogens with zero attached hydrogens (tertiary/aromatic N) is 1. The highest BCUT2D eigenvalue weighted by Crippen LogP contribution is 2.66. The monoisotopic (exact) mass is 507 g/mol. The van der Waals surface area contributed by atoms with Crippen LogP contribution in [0.1, 0.15) is 46.5 Å². The van der Waals surface area contributed by atoms with Crippen molar-refractivity contribution in [3.63, 3.8) is 0 Å². The first-order chi connectivity index (χ1) is 16.3. The van der Waals surface area contributed by atoms with E-state index in [4.69, 9.17) is 11.6 Å². The summed E-state index contributed by atoms with van der Waals surface area (Å²) in [4.78, 5) is 42.6. The van der Waals surface area contributed by atoms with Crippen LogP contribution in [0.25, 0.3) is 0 Å². The number of thioether (sulfide) groups is 1. The van der Waals surface area contributed by atoms with Crippen LogP contribution in [-0.4, -0.2) is 63.0 Å². The highest BCUT2D eigenvalue weighted by molar-refractivity contribution is 8.02. The molecule has 34 heavy (non-hydrogen) atoms. The molecule has 3 N–H and O–H groups in total. The van der Waals surface area contributed by atoms with Crippen molar-refractivity contribution in [2.45, 2.75) is 68.5 Å². The molecule has 1 aromatic rings. The number of anilines is 1. The summed E-state index contributed by atoms with van der Waals surface area (Å²) in [7, 11) is 0. The lowest BCUT2D eigenvalue weighted by Gasteiger charge is -2.39. The standard InChI is InChI=1S/C25H34ClN3O4S/c1-4-12-27-22(31)19-18-10-11-25(34-18)20(19)24(33)29(17(13-30)14(3)5-2)21(25)23(32)28-16-8-6-15(26)7-9-16/h6-9,14,17-21,30H,4-5,10-13H2,1-3H3,(H,27,31)(H,28,32)/t14-,17-,18+,19-,20-,21?,25?/m0/s1. The van der Waals surface area contributed by atoms with Gasteiger partial charge in [-0.2, -0.15) is 0 Å². The van der Waals surface area contributed by atoms with Gasteiger partial charge in [-0.1, -0.05) is 38.8 Å². The Kier molecular flexibility index (Phi) is 7.50. The van der Waals surface area contributed by atoms with Gasteiger partial charge in [0.1, 0.15) is 6.04 Å². The van der Waals surface area contributed by atoms with Gasteiger partial charge in [-0.15, -0.1) is 11.8 Å². The molecule has 3 aliphatic heterocycles. The Morgan fingerprint density at radius 2 is 1.97 bits per heavy atom. The summed E-state index contributed by atoms with van der Waals surface area (Å²) in [5.41, 5.74) is 0.598. The van der Waals surface area contributed by atoms with Gasteiger partial charge in [0.25, 0.3) is 0 Å². The molecule has 7 atom stereocenters. The number of carbonyl (C=O) groups excluding carboxylic acids is 3. The third kappa shape index (κ3) is 4.11. The van der Waals surface area contributed by atoms with E-state index in [1.54, 1.807) is 40.9 Å². The molecule has 9 heteroatoms. The van der Waals surface area contributed by atoms with Crippen molar-refractivity contribution in [3.8, 4) is 0 Å². The fraction of sp³-hybridized carbons (Fsp3) is 0.640. The van der Waals surface area contributed by atoms with Crippen LogP contribution >= 0.6 is 23.4 Å². The third-order valence-corrected chi connectivity index (χ3v) is 10.00. The number of benzene rings is 1. The topological polar surface area (TPSA) is 98.7 Å². The van der Waals surface area contributed by atoms with Crippen LogP contribution in [0.2, 0.25) is 5.02 Å². The molecule has 4 rings (SSSR count). The van der Waals surface area contributed by atoms with Crippen molar-refractivity contribution in [1.82, 2.24) is 10.2 Å². The van der Waals surface area contributed by atoms with Gasteiger partial charge in [0, 0.05) is 22.5 Å². The molecule has 0 aromatic heterocycles. The molecule has 7 nitrogen and oxygen atoms in total. The Hall–Kier alpha value is -1.77. The van der Waals surface area contributed by atoms with Crippen LogP contribution in [0.3, 0.4) is 0 Å². The molecule has 3 fully saturated rings. The van der Waals surface area contributed by atoms with Crippen molar-refractivity contribution in [3.05, 3.63) is 29.3 Å². The maximum absolute atomic E-state index is 14.0. The quantitative estimate of drug-likeness (QED) is 0.476. The van der Waals surface area contributed by atoms with E-state index < -0.39 is 28.7 Å². The van der Waals surface area contributed by atoms with E-state index in [-0.39, 0.29) is 35.5 Å². The number of halogens is 1. The first kappa shape index (κ1) is 25.3. The minimum atomic E-state index is -0.759. The van der Waals surface area contributed by atoms with Crippen molar-refractivity contribution in [1.29, 1.82) is 0 Å². The molecule has 3 heterocycles. The lowest BCUT2D eigenvalue weighted by molar-refractivity contribution is -0.143. The lowest BCUT2D eigenvalue weighted by atomic mass is 9.70. The fourth-order valence-corrected chi connectivity index (χ4v) is 8.30. The summed E-state index contributed by atoms with van der Waals surface area (Å²) in [5, 5.41) is 16.9. The van der Waals surface area contributed by atoms with E-state index in [1.807, 2.05) is 20.8 Å². The van der Waals surface area contributed by atoms with Gasteiger partial charge < -0.3 is 20.6 Å². The number of amides is 3. The van der Waals surface area contributed by atoms with Crippen molar-refractivity contribution in [2.24, 2.45) is 17.8 Å². The van der Waals surface area contributed by atoms with Crippen molar-refractivity contribution >= 4 is 46.8 Å². The number of carbonyl (C=O) groups is 3. The Morgan fingerprint density at radius 3 is 2.59 bits per heavy atom. The number of hydrogen-bond donors (Lipinski definition) is 3. The maximum atomic E-state index is 14.0. The van der Waals surface area contributed by atoms with Gasteiger partial charge in [0.05, 0.1) is 29.2 Å². The second kappa shape index (κ2) is 10.1. The summed E-state index contributed by atoms with van der Waals surface area (Å²) < 4.78 is -0.673. The minimum absolute atomic E-state index is 0.00424. The van der Waals surface area contributed by atoms with Gasteiger partial charge in [0.2, 0.25) is 17.7 Å². The predicted molar refractivity (Wildman–Crippen MR) is 135 cm³/mol. The Labute approximate surface area is 210 Å². The smallest absolute Gasteiger partial charge is 0.248 e. The second-order valence-corrected chi connectivity index (χ2v) is 11.8. The van der Waals surface area contributed by atoms with E-state index in [2.05, 4.69) is 10.6 Å². The summed E-state index contributed by atoms with van der Waals surface area (Å²) >= 11 is 7.64. The molecule has 3 amide bonds. The summed E-state index contributed by atoms with van der Waals surface area (Å²) in [5.74, 6) is -1.56. The zero-order valence-corrected chi connectivity index (χ0v) is 21.5. The second-order valence-electron chi connectivity index (χ2n) is 9.72. The Bertz CT molecular complexity index is 945. The molecule has 3 saturated heterocycles. The molecular formula is C25H34ClN3O4S. The number of fused-ring (bicyclic) bond motifs is 1. The van der Waals surface area contributed by atoms with Gasteiger partial charge in [-0.25, -0.2) is 0 Å². The van der Waals surface area contributed by atoms with E-state index >= 15 is 0 Å². The summed E-state index contributed by atoms with van der Waals surface area (Å²) in [6.45, 7) is 6.34. The van der Waals surface area contributed by atoms with Crippen LogP contribution in [-0.2, 0) is 14.4 Å². The predicted octanol–water partition coefficient (Wildman–Crippen LogP) is 3.30. The van der Waals surface area contributed by atoms with Crippen LogP contribution in [0.15, 0.2) is 24.3 Å². The van der Waals surface area contributed by atoms with Crippen molar-refractivity contribution in [2.75, 3.05) is 18.5 Å². The zero-order valence-electron chi connectivity index (χ0n) is 19.9. The first-order valence-corrected chi connectivity index (χ1v) is 13.5. The molecule has 0 radical (unpaired) electrons. The van der Waals surface area contributed by atoms with Crippen LogP contribution < -0.4 is 10.6 Å². The normalized spacial score (nSPS) is 31.3. The van der Waals surface area contributed by atoms with E-state index in [9.17, 15) is 19.5 Å². The molecule has 0 saturated carbocycles. The van der Waals surface area contributed by atoms with Gasteiger partial charge in [0.15, 0.2) is 0 Å². The highest BCUT2D eigenvalue weighted by Gasteiger charge is 2.74. The zero-order chi connectivity index (χ0) is 24.6. The van der Waals surface area contributed by atoms with Gasteiger partial charge >= 0.3 is 0 Å².